The van der Waals surface area contributed by atoms with Gasteiger partial charge in [0, 0.05) is 25.1 Å². The lowest BCUT2D eigenvalue weighted by Gasteiger charge is -2.19. The largest absolute Gasteiger partial charge is 0.480 e. The number of carbonyl (C=O) groups is 3. The number of hydrogen-bond acceptors (Lipinski definition) is 3. The van der Waals surface area contributed by atoms with E-state index < -0.39 is 12.0 Å². The predicted molar refractivity (Wildman–Crippen MR) is 94.0 cm³/mol. The van der Waals surface area contributed by atoms with Gasteiger partial charge in [0.15, 0.2) is 0 Å². The van der Waals surface area contributed by atoms with Crippen LogP contribution < -0.4 is 5.32 Å². The lowest BCUT2D eigenvalue weighted by molar-refractivity contribution is -0.139. The van der Waals surface area contributed by atoms with Crippen molar-refractivity contribution in [3.8, 4) is 0 Å². The summed E-state index contributed by atoms with van der Waals surface area (Å²) in [7, 11) is 1.75. The first kappa shape index (κ1) is 19.0. The molecule has 0 saturated heterocycles. The maximum absolute atomic E-state index is 12.3. The van der Waals surface area contributed by atoms with Gasteiger partial charge in [-0.15, -0.1) is 0 Å². The fourth-order valence-electron chi connectivity index (χ4n) is 2.70. The molecule has 1 fully saturated rings. The summed E-state index contributed by atoms with van der Waals surface area (Å²) in [6.45, 7) is 4.18. The highest BCUT2D eigenvalue weighted by Gasteiger charge is 2.30. The highest BCUT2D eigenvalue weighted by molar-refractivity contribution is 5.96. The quantitative estimate of drug-likeness (QED) is 0.756. The Morgan fingerprint density at radius 3 is 2.28 bits per heavy atom. The molecule has 6 heteroatoms. The third-order valence-electron chi connectivity index (χ3n) is 4.38. The fourth-order valence-corrected chi connectivity index (χ4v) is 2.70. The van der Waals surface area contributed by atoms with Gasteiger partial charge >= 0.3 is 5.97 Å². The molecule has 1 aliphatic rings. The van der Waals surface area contributed by atoms with Crippen LogP contribution in [0.15, 0.2) is 24.3 Å². The van der Waals surface area contributed by atoms with Crippen LogP contribution in [0, 0.1) is 11.8 Å². The van der Waals surface area contributed by atoms with Crippen LogP contribution >= 0.6 is 0 Å². The molecule has 2 N–H and O–H groups in total. The first-order valence-electron chi connectivity index (χ1n) is 8.65. The number of aliphatic carboxylic acids is 1. The molecule has 2 rings (SSSR count). The lowest BCUT2D eigenvalue weighted by Crippen LogP contribution is -2.41. The van der Waals surface area contributed by atoms with Crippen LogP contribution in [0.2, 0.25) is 0 Å². The summed E-state index contributed by atoms with van der Waals surface area (Å²) in [4.78, 5) is 37.1. The van der Waals surface area contributed by atoms with Crippen molar-refractivity contribution in [2.45, 2.75) is 45.7 Å². The van der Waals surface area contributed by atoms with E-state index in [1.165, 1.54) is 0 Å². The highest BCUT2D eigenvalue weighted by atomic mass is 16.4. The van der Waals surface area contributed by atoms with Crippen LogP contribution in [0.3, 0.4) is 0 Å². The van der Waals surface area contributed by atoms with Crippen molar-refractivity contribution in [3.63, 3.8) is 0 Å². The van der Waals surface area contributed by atoms with Crippen LogP contribution in [0.1, 0.15) is 49.0 Å². The molecule has 1 aliphatic carbocycles. The average molecular weight is 346 g/mol. The molecule has 0 bridgehead atoms. The van der Waals surface area contributed by atoms with Gasteiger partial charge in [0.25, 0.3) is 5.91 Å². The monoisotopic (exact) mass is 346 g/mol. The Morgan fingerprint density at radius 1 is 1.20 bits per heavy atom. The molecule has 1 aromatic rings. The number of hydrogen-bond donors (Lipinski definition) is 2. The maximum Gasteiger partial charge on any atom is 0.326 e. The van der Waals surface area contributed by atoms with E-state index in [9.17, 15) is 19.5 Å². The van der Waals surface area contributed by atoms with Crippen LogP contribution in [-0.2, 0) is 16.1 Å². The zero-order valence-corrected chi connectivity index (χ0v) is 15.0. The predicted octanol–water partition coefficient (Wildman–Crippen LogP) is 2.28. The number of nitrogens with one attached hydrogen (secondary N) is 1. The van der Waals surface area contributed by atoms with E-state index in [-0.39, 0.29) is 17.7 Å². The summed E-state index contributed by atoms with van der Waals surface area (Å²) in [5, 5.41) is 11.8. The van der Waals surface area contributed by atoms with Crippen LogP contribution in [0.4, 0.5) is 0 Å². The number of rotatable bonds is 8. The number of benzene rings is 1. The first-order chi connectivity index (χ1) is 11.8. The van der Waals surface area contributed by atoms with Gasteiger partial charge in [0.1, 0.15) is 6.04 Å². The Hall–Kier alpha value is -2.37. The van der Waals surface area contributed by atoms with Crippen LogP contribution in [-0.4, -0.2) is 40.9 Å². The summed E-state index contributed by atoms with van der Waals surface area (Å²) < 4.78 is 0. The third kappa shape index (κ3) is 5.59. The summed E-state index contributed by atoms with van der Waals surface area (Å²) in [5.74, 6) is -0.963. The summed E-state index contributed by atoms with van der Waals surface area (Å²) in [5.41, 5.74) is 1.34. The van der Waals surface area contributed by atoms with E-state index in [4.69, 9.17) is 0 Å². The normalized spacial score (nSPS) is 14.9. The van der Waals surface area contributed by atoms with Gasteiger partial charge in [-0.25, -0.2) is 4.79 Å². The molecule has 0 heterocycles. The van der Waals surface area contributed by atoms with Gasteiger partial charge in [-0.05, 0) is 30.0 Å². The summed E-state index contributed by atoms with van der Waals surface area (Å²) >= 11 is 0. The van der Waals surface area contributed by atoms with Gasteiger partial charge in [-0.3, -0.25) is 9.59 Å². The van der Waals surface area contributed by atoms with Crippen LogP contribution in [0.25, 0.3) is 0 Å². The molecule has 0 aliphatic heterocycles. The van der Waals surface area contributed by atoms with Crippen molar-refractivity contribution in [2.24, 2.45) is 11.8 Å². The smallest absolute Gasteiger partial charge is 0.326 e. The molecule has 2 amide bonds. The zero-order chi connectivity index (χ0) is 18.6. The Kier molecular flexibility index (Phi) is 6.17. The second kappa shape index (κ2) is 8.14. The number of carboxylic acid groups (broad SMARTS) is 1. The minimum Gasteiger partial charge on any atom is -0.480 e. The van der Waals surface area contributed by atoms with Gasteiger partial charge < -0.3 is 15.3 Å². The summed E-state index contributed by atoms with van der Waals surface area (Å²) in [6, 6.07) is 6.06. The topological polar surface area (TPSA) is 86.7 Å². The molecule has 0 radical (unpaired) electrons. The zero-order valence-electron chi connectivity index (χ0n) is 15.0. The Balaban J connectivity index is 1.94. The van der Waals surface area contributed by atoms with E-state index in [1.807, 2.05) is 13.8 Å². The molecule has 1 aromatic carbocycles. The maximum atomic E-state index is 12.3. The number of nitrogens with zero attached hydrogens (tertiary/aromatic N) is 1. The van der Waals surface area contributed by atoms with E-state index in [2.05, 4.69) is 5.32 Å². The molecule has 0 spiro atoms. The van der Waals surface area contributed by atoms with Gasteiger partial charge in [-0.2, -0.15) is 0 Å². The Bertz CT molecular complexity index is 635. The Labute approximate surface area is 148 Å². The fraction of sp³-hybridized carbons (Fsp3) is 0.526. The third-order valence-corrected chi connectivity index (χ3v) is 4.38. The second-order valence-corrected chi connectivity index (χ2v) is 7.09. The van der Waals surface area contributed by atoms with Gasteiger partial charge in [0.2, 0.25) is 5.91 Å². The standard InChI is InChI=1S/C19H26N2O4/c1-12(2)18(23)21(3)11-14-6-8-15(9-7-14)17(22)20-16(19(24)25)10-13-4-5-13/h6-9,12-13,16H,4-5,10-11H2,1-3H3,(H,20,22)(H,24,25). The second-order valence-electron chi connectivity index (χ2n) is 7.09. The number of carboxylic acids is 1. The van der Waals surface area contributed by atoms with E-state index in [1.54, 1.807) is 36.2 Å². The number of amides is 2. The van der Waals surface area contributed by atoms with Crippen molar-refractivity contribution in [1.29, 1.82) is 0 Å². The SMILES string of the molecule is CC(C)C(=O)N(C)Cc1ccc(C(=O)NC(CC2CC2)C(=O)O)cc1. The number of carbonyl (C=O) groups excluding carboxylic acids is 2. The van der Waals surface area contributed by atoms with Crippen molar-refractivity contribution >= 4 is 17.8 Å². The first-order valence-corrected chi connectivity index (χ1v) is 8.65. The molecule has 1 saturated carbocycles. The van der Waals surface area contributed by atoms with Crippen molar-refractivity contribution in [3.05, 3.63) is 35.4 Å². The molecule has 25 heavy (non-hydrogen) atoms. The minimum atomic E-state index is -0.995. The van der Waals surface area contributed by atoms with Crippen molar-refractivity contribution in [1.82, 2.24) is 10.2 Å². The van der Waals surface area contributed by atoms with E-state index in [0.717, 1.165) is 18.4 Å². The van der Waals surface area contributed by atoms with Crippen molar-refractivity contribution in [2.75, 3.05) is 7.05 Å². The molecule has 1 unspecified atom stereocenters. The molecule has 1 atom stereocenters. The Morgan fingerprint density at radius 2 is 1.80 bits per heavy atom. The molecule has 6 nitrogen and oxygen atoms in total. The van der Waals surface area contributed by atoms with E-state index >= 15 is 0 Å². The average Bonchev–Trinajstić information content (AvgIpc) is 3.37. The summed E-state index contributed by atoms with van der Waals surface area (Å²) in [6.07, 6.45) is 2.56. The lowest BCUT2D eigenvalue weighted by atomic mass is 10.1. The molecule has 0 aromatic heterocycles. The highest BCUT2D eigenvalue weighted by Crippen LogP contribution is 2.33. The minimum absolute atomic E-state index is 0.0607. The van der Waals surface area contributed by atoms with E-state index in [0.29, 0.717) is 24.4 Å². The van der Waals surface area contributed by atoms with Crippen molar-refractivity contribution < 1.29 is 19.5 Å². The molecular weight excluding hydrogens is 320 g/mol. The van der Waals surface area contributed by atoms with Gasteiger partial charge in [-0.1, -0.05) is 38.8 Å². The molecular formula is C19H26N2O4. The van der Waals surface area contributed by atoms with Gasteiger partial charge in [0.05, 0.1) is 0 Å². The van der Waals surface area contributed by atoms with Crippen LogP contribution in [0.5, 0.6) is 0 Å². The molecule has 136 valence electrons.